The molecule has 1 aromatic heterocycles. The molecule has 5 heteroatoms. The van der Waals surface area contributed by atoms with Gasteiger partial charge in [0.1, 0.15) is 0 Å². The highest BCUT2D eigenvalue weighted by Gasteiger charge is 2.15. The molecule has 0 aliphatic carbocycles. The maximum atomic E-state index is 12.8. The van der Waals surface area contributed by atoms with E-state index < -0.39 is 0 Å². The Morgan fingerprint density at radius 1 is 1.04 bits per heavy atom. The molecule has 126 valence electrons. The third kappa shape index (κ3) is 3.50. The Bertz CT molecular complexity index is 914. The quantitative estimate of drug-likeness (QED) is 0.798. The summed E-state index contributed by atoms with van der Waals surface area (Å²) in [6, 6.07) is 16.6. The summed E-state index contributed by atoms with van der Waals surface area (Å²) in [6.45, 7) is 0.462. The standard InChI is InChI=1S/C20H19N3O2/c1-21-19(24)15-9-7-14(8-10-15)13-23(2)20(25)17-11-12-22-18-6-4-3-5-16(17)18/h3-12H,13H2,1-2H3,(H,21,24). The van der Waals surface area contributed by atoms with Gasteiger partial charge < -0.3 is 10.2 Å². The van der Waals surface area contributed by atoms with Gasteiger partial charge in [-0.05, 0) is 29.8 Å². The molecule has 3 aromatic rings. The van der Waals surface area contributed by atoms with Gasteiger partial charge in [-0.1, -0.05) is 30.3 Å². The number of nitrogens with one attached hydrogen (secondary N) is 1. The average Bonchev–Trinajstić information content (AvgIpc) is 2.67. The van der Waals surface area contributed by atoms with E-state index in [2.05, 4.69) is 10.3 Å². The minimum atomic E-state index is -0.126. The second kappa shape index (κ2) is 7.13. The Hall–Kier alpha value is -3.21. The van der Waals surface area contributed by atoms with E-state index in [1.807, 2.05) is 36.4 Å². The van der Waals surface area contributed by atoms with Crippen LogP contribution in [0.1, 0.15) is 26.3 Å². The number of benzene rings is 2. The summed E-state index contributed by atoms with van der Waals surface area (Å²) >= 11 is 0. The van der Waals surface area contributed by atoms with E-state index in [9.17, 15) is 9.59 Å². The van der Waals surface area contributed by atoms with Crippen LogP contribution < -0.4 is 5.32 Å². The molecule has 25 heavy (non-hydrogen) atoms. The van der Waals surface area contributed by atoms with Crippen LogP contribution in [0.25, 0.3) is 10.9 Å². The number of fused-ring (bicyclic) bond motifs is 1. The van der Waals surface area contributed by atoms with Crippen LogP contribution in [0.4, 0.5) is 0 Å². The van der Waals surface area contributed by atoms with Crippen molar-refractivity contribution < 1.29 is 9.59 Å². The van der Waals surface area contributed by atoms with Crippen LogP contribution in [0, 0.1) is 0 Å². The highest BCUT2D eigenvalue weighted by Crippen LogP contribution is 2.18. The number of hydrogen-bond donors (Lipinski definition) is 1. The van der Waals surface area contributed by atoms with Gasteiger partial charge in [-0.2, -0.15) is 0 Å². The predicted molar refractivity (Wildman–Crippen MR) is 97.4 cm³/mol. The largest absolute Gasteiger partial charge is 0.355 e. The van der Waals surface area contributed by atoms with E-state index in [1.165, 1.54) is 0 Å². The van der Waals surface area contributed by atoms with Gasteiger partial charge in [-0.25, -0.2) is 0 Å². The lowest BCUT2D eigenvalue weighted by Crippen LogP contribution is -2.26. The van der Waals surface area contributed by atoms with Gasteiger partial charge in [0.15, 0.2) is 0 Å². The van der Waals surface area contributed by atoms with Crippen molar-refractivity contribution in [2.45, 2.75) is 6.54 Å². The third-order valence-electron chi connectivity index (χ3n) is 4.09. The van der Waals surface area contributed by atoms with Gasteiger partial charge in [-0.15, -0.1) is 0 Å². The fourth-order valence-electron chi connectivity index (χ4n) is 2.74. The van der Waals surface area contributed by atoms with Crippen molar-refractivity contribution in [2.24, 2.45) is 0 Å². The molecule has 5 nitrogen and oxygen atoms in total. The molecule has 3 rings (SSSR count). The molecule has 0 radical (unpaired) electrons. The van der Waals surface area contributed by atoms with Gasteiger partial charge in [0.2, 0.25) is 0 Å². The molecule has 0 fully saturated rings. The second-order valence-electron chi connectivity index (χ2n) is 5.81. The van der Waals surface area contributed by atoms with Crippen LogP contribution in [0.3, 0.4) is 0 Å². The van der Waals surface area contributed by atoms with Crippen LogP contribution >= 0.6 is 0 Å². The Kier molecular flexibility index (Phi) is 4.75. The lowest BCUT2D eigenvalue weighted by atomic mass is 10.1. The topological polar surface area (TPSA) is 62.3 Å². The Labute approximate surface area is 146 Å². The minimum Gasteiger partial charge on any atom is -0.355 e. The van der Waals surface area contributed by atoms with Crippen molar-refractivity contribution in [1.29, 1.82) is 0 Å². The summed E-state index contributed by atoms with van der Waals surface area (Å²) < 4.78 is 0. The van der Waals surface area contributed by atoms with Crippen LogP contribution in [-0.4, -0.2) is 35.8 Å². The maximum absolute atomic E-state index is 12.8. The summed E-state index contributed by atoms with van der Waals surface area (Å²) in [6.07, 6.45) is 1.65. The predicted octanol–water partition coefficient (Wildman–Crippen LogP) is 2.87. The van der Waals surface area contributed by atoms with Crippen molar-refractivity contribution in [3.63, 3.8) is 0 Å². The summed E-state index contributed by atoms with van der Waals surface area (Å²) in [5.74, 6) is -0.187. The number of carbonyl (C=O) groups excluding carboxylic acids is 2. The zero-order valence-electron chi connectivity index (χ0n) is 14.2. The fraction of sp³-hybridized carbons (Fsp3) is 0.150. The molecule has 0 unspecified atom stereocenters. The highest BCUT2D eigenvalue weighted by molar-refractivity contribution is 6.05. The molecule has 0 aliphatic heterocycles. The zero-order chi connectivity index (χ0) is 17.8. The highest BCUT2D eigenvalue weighted by atomic mass is 16.2. The van der Waals surface area contributed by atoms with Crippen LogP contribution in [-0.2, 0) is 6.54 Å². The summed E-state index contributed by atoms with van der Waals surface area (Å²) in [7, 11) is 3.37. The molecule has 1 N–H and O–H groups in total. The van der Waals surface area contributed by atoms with Gasteiger partial charge in [0.25, 0.3) is 11.8 Å². The Balaban J connectivity index is 1.79. The van der Waals surface area contributed by atoms with Gasteiger partial charge >= 0.3 is 0 Å². The molecule has 1 heterocycles. The second-order valence-corrected chi connectivity index (χ2v) is 5.81. The number of nitrogens with zero attached hydrogens (tertiary/aromatic N) is 2. The minimum absolute atomic E-state index is 0.0611. The van der Waals surface area contributed by atoms with E-state index in [0.717, 1.165) is 16.5 Å². The molecule has 0 aliphatic rings. The van der Waals surface area contributed by atoms with Crippen LogP contribution in [0.2, 0.25) is 0 Å². The number of pyridine rings is 1. The lowest BCUT2D eigenvalue weighted by molar-refractivity contribution is 0.0786. The van der Waals surface area contributed by atoms with E-state index in [4.69, 9.17) is 0 Å². The van der Waals surface area contributed by atoms with E-state index >= 15 is 0 Å². The Morgan fingerprint density at radius 2 is 1.76 bits per heavy atom. The van der Waals surface area contributed by atoms with Crippen molar-refractivity contribution >= 4 is 22.7 Å². The number of aromatic nitrogens is 1. The average molecular weight is 333 g/mol. The monoisotopic (exact) mass is 333 g/mol. The van der Waals surface area contributed by atoms with Crippen molar-refractivity contribution in [3.05, 3.63) is 77.5 Å². The first-order valence-electron chi connectivity index (χ1n) is 8.00. The number of hydrogen-bond acceptors (Lipinski definition) is 3. The number of para-hydroxylation sites is 1. The van der Waals surface area contributed by atoms with E-state index in [-0.39, 0.29) is 11.8 Å². The third-order valence-corrected chi connectivity index (χ3v) is 4.09. The molecular formula is C20H19N3O2. The van der Waals surface area contributed by atoms with Gasteiger partial charge in [0, 0.05) is 37.8 Å². The number of carbonyl (C=O) groups is 2. The number of amides is 2. The molecule has 0 spiro atoms. The normalized spacial score (nSPS) is 10.5. The smallest absolute Gasteiger partial charge is 0.254 e. The summed E-state index contributed by atoms with van der Waals surface area (Å²) in [4.78, 5) is 30.4. The Morgan fingerprint density at radius 3 is 2.48 bits per heavy atom. The molecule has 0 saturated heterocycles. The first-order chi connectivity index (χ1) is 12.1. The SMILES string of the molecule is CNC(=O)c1ccc(CN(C)C(=O)c2ccnc3ccccc23)cc1. The van der Waals surface area contributed by atoms with Crippen molar-refractivity contribution in [1.82, 2.24) is 15.2 Å². The zero-order valence-corrected chi connectivity index (χ0v) is 14.2. The van der Waals surface area contributed by atoms with Gasteiger partial charge in [0.05, 0.1) is 11.1 Å². The first-order valence-corrected chi connectivity index (χ1v) is 8.00. The molecule has 0 atom stereocenters. The van der Waals surface area contributed by atoms with Crippen molar-refractivity contribution in [2.75, 3.05) is 14.1 Å². The fourth-order valence-corrected chi connectivity index (χ4v) is 2.74. The van der Waals surface area contributed by atoms with Gasteiger partial charge in [-0.3, -0.25) is 14.6 Å². The molecule has 0 bridgehead atoms. The maximum Gasteiger partial charge on any atom is 0.254 e. The van der Waals surface area contributed by atoms with Crippen LogP contribution in [0.5, 0.6) is 0 Å². The molecule has 0 saturated carbocycles. The first kappa shape index (κ1) is 16.6. The summed E-state index contributed by atoms with van der Waals surface area (Å²) in [5.41, 5.74) is 2.99. The van der Waals surface area contributed by atoms with Crippen molar-refractivity contribution in [3.8, 4) is 0 Å². The molecular weight excluding hydrogens is 314 g/mol. The lowest BCUT2D eigenvalue weighted by Gasteiger charge is -2.18. The van der Waals surface area contributed by atoms with Crippen LogP contribution in [0.15, 0.2) is 60.8 Å². The molecule has 2 amide bonds. The molecule has 2 aromatic carbocycles. The summed E-state index contributed by atoms with van der Waals surface area (Å²) in [5, 5.41) is 3.43. The number of rotatable bonds is 4. The van der Waals surface area contributed by atoms with E-state index in [0.29, 0.717) is 17.7 Å². The van der Waals surface area contributed by atoms with E-state index in [1.54, 1.807) is 43.4 Å².